The summed E-state index contributed by atoms with van der Waals surface area (Å²) in [5, 5.41) is 5.73. The quantitative estimate of drug-likeness (QED) is 0.350. The molecule has 2 aliphatic heterocycles. The number of fused-ring (bicyclic) bond motifs is 2. The predicted molar refractivity (Wildman–Crippen MR) is 146 cm³/mol. The van der Waals surface area contributed by atoms with Gasteiger partial charge in [0.2, 0.25) is 12.7 Å². The average molecular weight is 493 g/mol. The number of hydrogen-bond acceptors (Lipinski definition) is 4. The molecule has 5 heteroatoms. The van der Waals surface area contributed by atoms with Crippen LogP contribution in [0, 0.1) is 5.92 Å². The van der Waals surface area contributed by atoms with Crippen molar-refractivity contribution in [3.8, 4) is 11.5 Å². The fourth-order valence-electron chi connectivity index (χ4n) is 5.67. The maximum Gasteiger partial charge on any atom is 0.231 e. The lowest BCUT2D eigenvalue weighted by atomic mass is 9.89. The third-order valence-corrected chi connectivity index (χ3v) is 7.70. The van der Waals surface area contributed by atoms with Gasteiger partial charge in [-0.3, -0.25) is 9.69 Å². The highest BCUT2D eigenvalue weighted by molar-refractivity contribution is 5.86. The summed E-state index contributed by atoms with van der Waals surface area (Å²) in [6, 6.07) is 32.1. The molecule has 1 unspecified atom stereocenters. The van der Waals surface area contributed by atoms with Crippen LogP contribution in [0.15, 0.2) is 91.0 Å². The van der Waals surface area contributed by atoms with Crippen LogP contribution < -0.4 is 14.8 Å². The van der Waals surface area contributed by atoms with Gasteiger partial charge in [0, 0.05) is 18.5 Å². The van der Waals surface area contributed by atoms with E-state index in [0.29, 0.717) is 6.54 Å². The number of amides is 1. The molecule has 0 aliphatic carbocycles. The molecule has 1 N–H and O–H groups in total. The van der Waals surface area contributed by atoms with Crippen LogP contribution >= 0.6 is 0 Å². The molecule has 2 heterocycles. The average Bonchev–Trinajstić information content (AvgIpc) is 3.43. The number of nitrogens with zero attached hydrogens (tertiary/aromatic N) is 1. The summed E-state index contributed by atoms with van der Waals surface area (Å²) in [6.07, 6.45) is 2.68. The summed E-state index contributed by atoms with van der Waals surface area (Å²) in [4.78, 5) is 15.6. The molecular weight excluding hydrogens is 460 g/mol. The summed E-state index contributed by atoms with van der Waals surface area (Å²) in [7, 11) is 0. The van der Waals surface area contributed by atoms with Crippen molar-refractivity contribution in [3.63, 3.8) is 0 Å². The Labute approximate surface area is 218 Å². The Morgan fingerprint density at radius 2 is 1.59 bits per heavy atom. The van der Waals surface area contributed by atoms with Crippen LogP contribution in [-0.2, 0) is 17.8 Å². The van der Waals surface area contributed by atoms with Gasteiger partial charge in [0.05, 0.1) is 0 Å². The van der Waals surface area contributed by atoms with Crippen molar-refractivity contribution in [2.45, 2.75) is 31.8 Å². The number of rotatable bonds is 7. The van der Waals surface area contributed by atoms with Crippen molar-refractivity contribution in [2.75, 3.05) is 19.9 Å². The molecule has 1 fully saturated rings. The number of benzene rings is 4. The standard InChI is InChI=1S/C32H32N2O3/c35-32(33-21-24-13-14-30-31(20-24)37-22-36-30)26-15-17-34(18-16-26)29(19-23-7-2-1-3-8-23)28-12-6-10-25-9-4-5-11-27(25)28/h1-14,20,26,29H,15-19,21-22H2,(H,33,35). The Hall–Kier alpha value is -3.83. The third-order valence-electron chi connectivity index (χ3n) is 7.70. The Bertz CT molecular complexity index is 1370. The highest BCUT2D eigenvalue weighted by Crippen LogP contribution is 2.35. The summed E-state index contributed by atoms with van der Waals surface area (Å²) in [6.45, 7) is 2.57. The highest BCUT2D eigenvalue weighted by Gasteiger charge is 2.30. The smallest absolute Gasteiger partial charge is 0.231 e. The predicted octanol–water partition coefficient (Wildman–Crippen LogP) is 5.88. The normalized spacial score (nSPS) is 16.5. The Morgan fingerprint density at radius 1 is 0.838 bits per heavy atom. The first-order chi connectivity index (χ1) is 18.2. The molecule has 0 saturated carbocycles. The number of ether oxygens (including phenoxy) is 2. The second-order valence-electron chi connectivity index (χ2n) is 9.99. The van der Waals surface area contributed by atoms with Crippen molar-refractivity contribution < 1.29 is 14.3 Å². The van der Waals surface area contributed by atoms with Gasteiger partial charge in [-0.15, -0.1) is 0 Å². The van der Waals surface area contributed by atoms with E-state index in [1.165, 1.54) is 21.9 Å². The molecule has 0 radical (unpaired) electrons. The van der Waals surface area contributed by atoms with Gasteiger partial charge in [0.25, 0.3) is 0 Å². The minimum absolute atomic E-state index is 0.0372. The van der Waals surface area contributed by atoms with Crippen LogP contribution in [-0.4, -0.2) is 30.7 Å². The summed E-state index contributed by atoms with van der Waals surface area (Å²) in [5.41, 5.74) is 3.73. The largest absolute Gasteiger partial charge is 0.454 e. The number of hydrogen-bond donors (Lipinski definition) is 1. The van der Waals surface area contributed by atoms with Crippen LogP contribution in [0.1, 0.15) is 35.6 Å². The molecule has 1 amide bonds. The van der Waals surface area contributed by atoms with E-state index in [2.05, 4.69) is 83.0 Å². The molecule has 1 saturated heterocycles. The molecule has 5 nitrogen and oxygen atoms in total. The second kappa shape index (κ2) is 10.7. The van der Waals surface area contributed by atoms with Crippen molar-refractivity contribution in [2.24, 2.45) is 5.92 Å². The van der Waals surface area contributed by atoms with Gasteiger partial charge >= 0.3 is 0 Å². The zero-order valence-corrected chi connectivity index (χ0v) is 20.9. The fourth-order valence-corrected chi connectivity index (χ4v) is 5.67. The van der Waals surface area contributed by atoms with Crippen LogP contribution in [0.5, 0.6) is 11.5 Å². The van der Waals surface area contributed by atoms with Gasteiger partial charge in [-0.2, -0.15) is 0 Å². The van der Waals surface area contributed by atoms with Gasteiger partial charge in [-0.1, -0.05) is 78.9 Å². The van der Waals surface area contributed by atoms with Crippen LogP contribution in [0.25, 0.3) is 10.8 Å². The van der Waals surface area contributed by atoms with Crippen molar-refractivity contribution in [1.29, 1.82) is 0 Å². The number of piperidine rings is 1. The summed E-state index contributed by atoms with van der Waals surface area (Å²) in [5.74, 6) is 1.69. The van der Waals surface area contributed by atoms with E-state index in [-0.39, 0.29) is 24.7 Å². The highest BCUT2D eigenvalue weighted by atomic mass is 16.7. The van der Waals surface area contributed by atoms with E-state index in [1.54, 1.807) is 0 Å². The van der Waals surface area contributed by atoms with E-state index in [1.807, 2.05) is 18.2 Å². The molecule has 2 aliphatic rings. The lowest BCUT2D eigenvalue weighted by Crippen LogP contribution is -2.42. The molecule has 0 spiro atoms. The number of nitrogens with one attached hydrogen (secondary N) is 1. The molecule has 1 atom stereocenters. The minimum Gasteiger partial charge on any atom is -0.454 e. The summed E-state index contributed by atoms with van der Waals surface area (Å²) >= 11 is 0. The zero-order chi connectivity index (χ0) is 25.0. The molecule has 4 aromatic rings. The van der Waals surface area contributed by atoms with E-state index in [4.69, 9.17) is 9.47 Å². The molecular formula is C32H32N2O3. The van der Waals surface area contributed by atoms with E-state index < -0.39 is 0 Å². The third kappa shape index (κ3) is 5.18. The lowest BCUT2D eigenvalue weighted by Gasteiger charge is -2.38. The van der Waals surface area contributed by atoms with E-state index in [9.17, 15) is 4.79 Å². The fraction of sp³-hybridized carbons (Fsp3) is 0.281. The molecule has 0 bridgehead atoms. The Kier molecular flexibility index (Phi) is 6.78. The maximum absolute atomic E-state index is 13.0. The van der Waals surface area contributed by atoms with Crippen molar-refractivity contribution in [3.05, 3.63) is 108 Å². The van der Waals surface area contributed by atoms with Crippen molar-refractivity contribution >= 4 is 16.7 Å². The SMILES string of the molecule is O=C(NCc1ccc2c(c1)OCO2)C1CCN(C(Cc2ccccc2)c2cccc3ccccc23)CC1. The summed E-state index contributed by atoms with van der Waals surface area (Å²) < 4.78 is 10.8. The van der Waals surface area contributed by atoms with Gasteiger partial charge in [-0.05, 0) is 71.9 Å². The number of likely N-dealkylation sites (tertiary alicyclic amines) is 1. The van der Waals surface area contributed by atoms with Crippen LogP contribution in [0.4, 0.5) is 0 Å². The molecule has 6 rings (SSSR count). The Morgan fingerprint density at radius 3 is 2.46 bits per heavy atom. The molecule has 0 aromatic heterocycles. The van der Waals surface area contributed by atoms with Crippen molar-refractivity contribution in [1.82, 2.24) is 10.2 Å². The Balaban J connectivity index is 1.14. The van der Waals surface area contributed by atoms with Gasteiger partial charge in [0.1, 0.15) is 0 Å². The van der Waals surface area contributed by atoms with Gasteiger partial charge in [-0.25, -0.2) is 0 Å². The first-order valence-electron chi connectivity index (χ1n) is 13.2. The van der Waals surface area contributed by atoms with Crippen LogP contribution in [0.2, 0.25) is 0 Å². The van der Waals surface area contributed by atoms with Gasteiger partial charge in [0.15, 0.2) is 11.5 Å². The first kappa shape index (κ1) is 23.6. The van der Waals surface area contributed by atoms with Crippen LogP contribution in [0.3, 0.4) is 0 Å². The first-order valence-corrected chi connectivity index (χ1v) is 13.2. The topological polar surface area (TPSA) is 50.8 Å². The number of carbonyl (C=O) groups is 1. The van der Waals surface area contributed by atoms with E-state index in [0.717, 1.165) is 49.4 Å². The monoisotopic (exact) mass is 492 g/mol. The zero-order valence-electron chi connectivity index (χ0n) is 20.9. The molecule has 37 heavy (non-hydrogen) atoms. The lowest BCUT2D eigenvalue weighted by molar-refractivity contribution is -0.126. The number of carbonyl (C=O) groups excluding carboxylic acids is 1. The second-order valence-corrected chi connectivity index (χ2v) is 9.99. The molecule has 188 valence electrons. The molecule has 4 aromatic carbocycles. The van der Waals surface area contributed by atoms with Gasteiger partial charge < -0.3 is 14.8 Å². The minimum atomic E-state index is 0.0372. The maximum atomic E-state index is 13.0. The van der Waals surface area contributed by atoms with E-state index >= 15 is 0 Å².